The van der Waals surface area contributed by atoms with Crippen LogP contribution in [0, 0.1) is 13.8 Å². The molecule has 0 atom stereocenters. The smallest absolute Gasteiger partial charge is 0.255 e. The third kappa shape index (κ3) is 5.96. The zero-order valence-corrected chi connectivity index (χ0v) is 19.1. The second kappa shape index (κ2) is 10.7. The molecule has 0 aliphatic rings. The Morgan fingerprint density at radius 3 is 1.97 bits per heavy atom. The number of nitrogens with zero attached hydrogens (tertiary/aromatic N) is 2. The van der Waals surface area contributed by atoms with Crippen LogP contribution >= 0.6 is 0 Å². The standard InChI is InChI=1S/C28H29N3O2/c1-21-27(22(2)31(30-21)18-24-9-5-3-6-10-24)28(32)29-17-23-13-15-26(16-14-23)20-33-19-25-11-7-4-8-12-25/h3-16H,17-20H2,1-2H3,(H,29,32). The highest BCUT2D eigenvalue weighted by molar-refractivity contribution is 5.96. The lowest BCUT2D eigenvalue weighted by Gasteiger charge is -2.09. The van der Waals surface area contributed by atoms with Crippen LogP contribution in [0.25, 0.3) is 0 Å². The molecule has 168 valence electrons. The normalized spacial score (nSPS) is 10.8. The lowest BCUT2D eigenvalue weighted by molar-refractivity contribution is 0.0949. The fraction of sp³-hybridized carbons (Fsp3) is 0.214. The van der Waals surface area contributed by atoms with Gasteiger partial charge >= 0.3 is 0 Å². The van der Waals surface area contributed by atoms with Crippen LogP contribution < -0.4 is 5.32 Å². The van der Waals surface area contributed by atoms with Crippen molar-refractivity contribution < 1.29 is 9.53 Å². The van der Waals surface area contributed by atoms with Gasteiger partial charge < -0.3 is 10.1 Å². The predicted molar refractivity (Wildman–Crippen MR) is 130 cm³/mol. The zero-order chi connectivity index (χ0) is 23.0. The van der Waals surface area contributed by atoms with Crippen LogP contribution in [-0.4, -0.2) is 15.7 Å². The summed E-state index contributed by atoms with van der Waals surface area (Å²) in [5.41, 5.74) is 6.73. The number of aromatic nitrogens is 2. The van der Waals surface area contributed by atoms with Gasteiger partial charge in [0.05, 0.1) is 31.0 Å². The first-order valence-corrected chi connectivity index (χ1v) is 11.2. The lowest BCUT2D eigenvalue weighted by atomic mass is 10.1. The molecule has 0 unspecified atom stereocenters. The minimum absolute atomic E-state index is 0.0976. The van der Waals surface area contributed by atoms with Crippen molar-refractivity contribution in [2.24, 2.45) is 0 Å². The number of carbonyl (C=O) groups is 1. The van der Waals surface area contributed by atoms with Crippen LogP contribution in [0.5, 0.6) is 0 Å². The molecule has 0 saturated carbocycles. The number of ether oxygens (including phenoxy) is 1. The highest BCUT2D eigenvalue weighted by Crippen LogP contribution is 2.15. The molecule has 1 heterocycles. The lowest BCUT2D eigenvalue weighted by Crippen LogP contribution is -2.24. The number of amides is 1. The van der Waals surface area contributed by atoms with Crippen molar-refractivity contribution in [1.82, 2.24) is 15.1 Å². The molecular weight excluding hydrogens is 410 g/mol. The summed E-state index contributed by atoms with van der Waals surface area (Å²) >= 11 is 0. The molecular formula is C28H29N3O2. The third-order valence-corrected chi connectivity index (χ3v) is 5.64. The molecule has 0 spiro atoms. The van der Waals surface area contributed by atoms with E-state index in [9.17, 15) is 4.79 Å². The predicted octanol–water partition coefficient (Wildman–Crippen LogP) is 5.20. The van der Waals surface area contributed by atoms with E-state index in [2.05, 4.69) is 34.7 Å². The molecule has 1 aromatic heterocycles. The second-order valence-electron chi connectivity index (χ2n) is 8.17. The number of carbonyl (C=O) groups excluding carboxylic acids is 1. The monoisotopic (exact) mass is 439 g/mol. The Hall–Kier alpha value is -3.70. The van der Waals surface area contributed by atoms with Gasteiger partial charge in [-0.1, -0.05) is 84.9 Å². The average molecular weight is 440 g/mol. The van der Waals surface area contributed by atoms with E-state index >= 15 is 0 Å². The molecule has 1 N–H and O–H groups in total. The summed E-state index contributed by atoms with van der Waals surface area (Å²) in [5, 5.41) is 7.62. The van der Waals surface area contributed by atoms with E-state index in [-0.39, 0.29) is 5.91 Å². The summed E-state index contributed by atoms with van der Waals surface area (Å²) in [7, 11) is 0. The summed E-state index contributed by atoms with van der Waals surface area (Å²) in [6.07, 6.45) is 0. The molecule has 0 bridgehead atoms. The molecule has 0 saturated heterocycles. The average Bonchev–Trinajstić information content (AvgIpc) is 3.12. The number of hydrogen-bond donors (Lipinski definition) is 1. The van der Waals surface area contributed by atoms with Crippen LogP contribution in [0.15, 0.2) is 84.9 Å². The topological polar surface area (TPSA) is 56.2 Å². The van der Waals surface area contributed by atoms with Crippen LogP contribution in [0.2, 0.25) is 0 Å². The summed E-state index contributed by atoms with van der Waals surface area (Å²) in [4.78, 5) is 12.9. The van der Waals surface area contributed by atoms with Gasteiger partial charge in [0.1, 0.15) is 0 Å². The Kier molecular flexibility index (Phi) is 7.33. The molecule has 3 aromatic carbocycles. The molecule has 0 aliphatic heterocycles. The fourth-order valence-corrected chi connectivity index (χ4v) is 3.82. The number of hydrogen-bond acceptors (Lipinski definition) is 3. The van der Waals surface area contributed by atoms with Gasteiger partial charge in [-0.15, -0.1) is 0 Å². The zero-order valence-electron chi connectivity index (χ0n) is 19.1. The van der Waals surface area contributed by atoms with Crippen molar-refractivity contribution in [2.75, 3.05) is 0 Å². The second-order valence-corrected chi connectivity index (χ2v) is 8.17. The van der Waals surface area contributed by atoms with Gasteiger partial charge in [-0.2, -0.15) is 5.10 Å². The summed E-state index contributed by atoms with van der Waals surface area (Å²) < 4.78 is 7.69. The van der Waals surface area contributed by atoms with Crippen molar-refractivity contribution >= 4 is 5.91 Å². The van der Waals surface area contributed by atoms with Crippen LogP contribution in [0.1, 0.15) is 44.0 Å². The fourth-order valence-electron chi connectivity index (χ4n) is 3.82. The first-order valence-electron chi connectivity index (χ1n) is 11.2. The maximum Gasteiger partial charge on any atom is 0.255 e. The Labute approximate surface area is 195 Å². The van der Waals surface area contributed by atoms with Gasteiger partial charge in [-0.3, -0.25) is 9.48 Å². The van der Waals surface area contributed by atoms with Gasteiger partial charge in [0.15, 0.2) is 0 Å². The number of rotatable bonds is 9. The minimum atomic E-state index is -0.0976. The molecule has 4 aromatic rings. The van der Waals surface area contributed by atoms with E-state index in [0.717, 1.165) is 33.6 Å². The first kappa shape index (κ1) is 22.5. The maximum atomic E-state index is 12.9. The van der Waals surface area contributed by atoms with Gasteiger partial charge in [0.25, 0.3) is 5.91 Å². The largest absolute Gasteiger partial charge is 0.372 e. The minimum Gasteiger partial charge on any atom is -0.372 e. The summed E-state index contributed by atoms with van der Waals surface area (Å²) in [5.74, 6) is -0.0976. The third-order valence-electron chi connectivity index (χ3n) is 5.64. The molecule has 0 radical (unpaired) electrons. The first-order chi connectivity index (χ1) is 16.1. The molecule has 5 nitrogen and oxygen atoms in total. The van der Waals surface area contributed by atoms with E-state index in [4.69, 9.17) is 4.74 Å². The number of nitrogens with one attached hydrogen (secondary N) is 1. The van der Waals surface area contributed by atoms with Crippen LogP contribution in [0.4, 0.5) is 0 Å². The van der Waals surface area contributed by atoms with Crippen molar-refractivity contribution in [2.45, 2.75) is 40.2 Å². The molecule has 0 aliphatic carbocycles. The molecule has 1 amide bonds. The Morgan fingerprint density at radius 2 is 1.33 bits per heavy atom. The van der Waals surface area contributed by atoms with Gasteiger partial charge in [-0.05, 0) is 36.1 Å². The summed E-state index contributed by atoms with van der Waals surface area (Å²) in [6.45, 7) is 6.09. The van der Waals surface area contributed by atoms with Gasteiger partial charge in [0.2, 0.25) is 0 Å². The quantitative estimate of drug-likeness (QED) is 0.390. The molecule has 5 heteroatoms. The van der Waals surface area contributed by atoms with E-state index < -0.39 is 0 Å². The Bertz CT molecular complexity index is 1180. The van der Waals surface area contributed by atoms with E-state index in [1.165, 1.54) is 0 Å². The maximum absolute atomic E-state index is 12.9. The van der Waals surface area contributed by atoms with Crippen molar-refractivity contribution in [3.8, 4) is 0 Å². The Balaban J connectivity index is 1.30. The Morgan fingerprint density at radius 1 is 0.788 bits per heavy atom. The van der Waals surface area contributed by atoms with Crippen molar-refractivity contribution in [3.63, 3.8) is 0 Å². The number of aryl methyl sites for hydroxylation is 1. The SMILES string of the molecule is Cc1nn(Cc2ccccc2)c(C)c1C(=O)NCc1ccc(COCc2ccccc2)cc1. The van der Waals surface area contributed by atoms with Gasteiger partial charge in [-0.25, -0.2) is 0 Å². The highest BCUT2D eigenvalue weighted by atomic mass is 16.5. The van der Waals surface area contributed by atoms with Gasteiger partial charge in [0, 0.05) is 12.2 Å². The summed E-state index contributed by atoms with van der Waals surface area (Å²) in [6, 6.07) is 28.4. The molecule has 0 fully saturated rings. The number of benzene rings is 3. The van der Waals surface area contributed by atoms with E-state index in [1.807, 2.05) is 79.2 Å². The van der Waals surface area contributed by atoms with Crippen molar-refractivity contribution in [3.05, 3.63) is 124 Å². The van der Waals surface area contributed by atoms with Crippen LogP contribution in [0.3, 0.4) is 0 Å². The molecule has 4 rings (SSSR count). The highest BCUT2D eigenvalue weighted by Gasteiger charge is 2.18. The van der Waals surface area contributed by atoms with E-state index in [1.54, 1.807) is 0 Å². The molecule has 33 heavy (non-hydrogen) atoms. The van der Waals surface area contributed by atoms with Crippen LogP contribution in [-0.2, 0) is 31.0 Å². The van der Waals surface area contributed by atoms with Crippen molar-refractivity contribution in [1.29, 1.82) is 0 Å². The van der Waals surface area contributed by atoms with E-state index in [0.29, 0.717) is 31.9 Å².